The smallest absolute Gasteiger partial charge is 0.267 e. The van der Waals surface area contributed by atoms with E-state index in [0.717, 1.165) is 42.6 Å². The molecule has 0 saturated heterocycles. The van der Waals surface area contributed by atoms with Crippen LogP contribution in [-0.2, 0) is 24.2 Å². The number of nitrogens with one attached hydrogen (secondary N) is 1. The van der Waals surface area contributed by atoms with Crippen LogP contribution in [0.25, 0.3) is 0 Å². The van der Waals surface area contributed by atoms with Gasteiger partial charge < -0.3 is 5.32 Å². The number of rotatable bonds is 5. The summed E-state index contributed by atoms with van der Waals surface area (Å²) in [5, 5.41) is 8.01. The van der Waals surface area contributed by atoms with E-state index in [1.165, 1.54) is 16.4 Å². The van der Waals surface area contributed by atoms with Gasteiger partial charge in [-0.3, -0.25) is 19.0 Å². The van der Waals surface area contributed by atoms with Crippen LogP contribution in [0.1, 0.15) is 47.8 Å². The molecular weight excluding hydrogens is 390 g/mol. The summed E-state index contributed by atoms with van der Waals surface area (Å²) < 4.78 is 3.08. The lowest BCUT2D eigenvalue weighted by molar-refractivity contribution is -0.121. The molecule has 0 spiro atoms. The molecule has 1 atom stereocenters. The van der Waals surface area contributed by atoms with Gasteiger partial charge in [0.05, 0.1) is 18.3 Å². The van der Waals surface area contributed by atoms with Crippen LogP contribution in [0.5, 0.6) is 0 Å². The van der Waals surface area contributed by atoms with E-state index >= 15 is 0 Å². The molecule has 1 amide bonds. The summed E-state index contributed by atoms with van der Waals surface area (Å²) in [6.45, 7) is 4.27. The van der Waals surface area contributed by atoms with E-state index in [1.807, 2.05) is 6.92 Å². The lowest BCUT2D eigenvalue weighted by atomic mass is 9.97. The Labute approximate surface area is 172 Å². The zero-order chi connectivity index (χ0) is 20.5. The molecule has 1 aliphatic heterocycles. The highest BCUT2D eigenvalue weighted by molar-refractivity contribution is 7.99. The van der Waals surface area contributed by atoms with Crippen LogP contribution in [0.2, 0.25) is 0 Å². The molecule has 0 fully saturated rings. The first kappa shape index (κ1) is 19.9. The third-order valence-electron chi connectivity index (χ3n) is 5.66. The van der Waals surface area contributed by atoms with Crippen LogP contribution in [0.15, 0.2) is 20.8 Å². The van der Waals surface area contributed by atoms with Gasteiger partial charge in [-0.1, -0.05) is 11.8 Å². The number of carbonyl (C=O) groups excluding carboxylic acids is 1. The van der Waals surface area contributed by atoms with Gasteiger partial charge in [-0.25, -0.2) is 9.67 Å². The third-order valence-corrected chi connectivity index (χ3v) is 6.76. The SMILES string of the molecule is Cc1nc2n(c(=O)c1C)C(CC(=O)NCCn1nc3c(cc1=O)CCCC3)CS2. The van der Waals surface area contributed by atoms with Crippen LogP contribution in [0, 0.1) is 13.8 Å². The molecule has 0 bridgehead atoms. The fourth-order valence-electron chi connectivity index (χ4n) is 3.87. The first-order chi connectivity index (χ1) is 13.9. The molecule has 8 nitrogen and oxygen atoms in total. The summed E-state index contributed by atoms with van der Waals surface area (Å²) in [4.78, 5) is 41.7. The van der Waals surface area contributed by atoms with Crippen LogP contribution in [-0.4, -0.2) is 37.5 Å². The van der Waals surface area contributed by atoms with Crippen molar-refractivity contribution in [2.45, 2.75) is 63.7 Å². The molecule has 0 radical (unpaired) electrons. The molecule has 4 rings (SSSR count). The maximum atomic E-state index is 12.6. The Morgan fingerprint density at radius 3 is 2.90 bits per heavy atom. The van der Waals surface area contributed by atoms with Gasteiger partial charge in [0, 0.05) is 36.0 Å². The topological polar surface area (TPSA) is 98.9 Å². The Bertz CT molecular complexity index is 1080. The van der Waals surface area contributed by atoms with Crippen LogP contribution >= 0.6 is 11.8 Å². The lowest BCUT2D eigenvalue weighted by Crippen LogP contribution is -2.35. The Kier molecular flexibility index (Phi) is 5.58. The van der Waals surface area contributed by atoms with Crippen molar-refractivity contribution in [3.63, 3.8) is 0 Å². The van der Waals surface area contributed by atoms with Gasteiger partial charge in [0.1, 0.15) is 0 Å². The van der Waals surface area contributed by atoms with Gasteiger partial charge in [0.25, 0.3) is 11.1 Å². The zero-order valence-corrected chi connectivity index (χ0v) is 17.5. The van der Waals surface area contributed by atoms with Crippen molar-refractivity contribution in [3.05, 3.63) is 49.3 Å². The highest BCUT2D eigenvalue weighted by atomic mass is 32.2. The maximum absolute atomic E-state index is 12.6. The number of aryl methyl sites for hydroxylation is 3. The van der Waals surface area contributed by atoms with Crippen molar-refractivity contribution >= 4 is 17.7 Å². The molecule has 9 heteroatoms. The summed E-state index contributed by atoms with van der Waals surface area (Å²) in [6.07, 6.45) is 4.25. The predicted molar refractivity (Wildman–Crippen MR) is 110 cm³/mol. The third kappa shape index (κ3) is 4.01. The average Bonchev–Trinajstić information content (AvgIpc) is 3.08. The normalized spacial score (nSPS) is 17.7. The van der Waals surface area contributed by atoms with E-state index < -0.39 is 0 Å². The number of fused-ring (bicyclic) bond motifs is 2. The second-order valence-corrected chi connectivity index (χ2v) is 8.67. The van der Waals surface area contributed by atoms with Gasteiger partial charge in [-0.05, 0) is 45.1 Å². The lowest BCUT2D eigenvalue weighted by Gasteiger charge is -2.16. The number of carbonyl (C=O) groups is 1. The highest BCUT2D eigenvalue weighted by Crippen LogP contribution is 2.32. The number of aromatic nitrogens is 4. The Morgan fingerprint density at radius 1 is 1.28 bits per heavy atom. The van der Waals surface area contributed by atoms with Crippen molar-refractivity contribution < 1.29 is 4.79 Å². The van der Waals surface area contributed by atoms with E-state index in [9.17, 15) is 14.4 Å². The zero-order valence-electron chi connectivity index (χ0n) is 16.7. The average molecular weight is 416 g/mol. The fourth-order valence-corrected chi connectivity index (χ4v) is 5.05. The first-order valence-electron chi connectivity index (χ1n) is 10.0. The predicted octanol–water partition coefficient (Wildman–Crippen LogP) is 1.15. The summed E-state index contributed by atoms with van der Waals surface area (Å²) in [6, 6.07) is 1.48. The molecule has 1 unspecified atom stereocenters. The minimum Gasteiger partial charge on any atom is -0.354 e. The molecule has 1 aliphatic carbocycles. The van der Waals surface area contributed by atoms with Crippen molar-refractivity contribution in [2.24, 2.45) is 0 Å². The van der Waals surface area contributed by atoms with Gasteiger partial charge >= 0.3 is 0 Å². The molecule has 0 aromatic carbocycles. The summed E-state index contributed by atoms with van der Waals surface area (Å²) in [5.74, 6) is 0.518. The molecule has 2 aliphatic rings. The molecule has 1 N–H and O–H groups in total. The number of hydrogen-bond acceptors (Lipinski definition) is 6. The Balaban J connectivity index is 1.36. The van der Waals surface area contributed by atoms with E-state index in [0.29, 0.717) is 29.6 Å². The monoisotopic (exact) mass is 415 g/mol. The van der Waals surface area contributed by atoms with Gasteiger partial charge in [0.2, 0.25) is 5.91 Å². The summed E-state index contributed by atoms with van der Waals surface area (Å²) >= 11 is 1.51. The van der Waals surface area contributed by atoms with E-state index in [-0.39, 0.29) is 29.5 Å². The van der Waals surface area contributed by atoms with Crippen molar-refractivity contribution in [1.82, 2.24) is 24.6 Å². The highest BCUT2D eigenvalue weighted by Gasteiger charge is 2.28. The quantitative estimate of drug-likeness (QED) is 0.736. The van der Waals surface area contributed by atoms with Crippen molar-refractivity contribution in [2.75, 3.05) is 12.3 Å². The first-order valence-corrected chi connectivity index (χ1v) is 11.0. The van der Waals surface area contributed by atoms with Crippen LogP contribution in [0.3, 0.4) is 0 Å². The number of nitrogens with zero attached hydrogens (tertiary/aromatic N) is 4. The van der Waals surface area contributed by atoms with Crippen molar-refractivity contribution in [3.8, 4) is 0 Å². The number of hydrogen-bond donors (Lipinski definition) is 1. The number of amides is 1. The van der Waals surface area contributed by atoms with Gasteiger partial charge in [-0.2, -0.15) is 5.10 Å². The van der Waals surface area contributed by atoms with Crippen molar-refractivity contribution in [1.29, 1.82) is 0 Å². The molecule has 154 valence electrons. The van der Waals surface area contributed by atoms with Gasteiger partial charge in [-0.15, -0.1) is 0 Å². The van der Waals surface area contributed by atoms with Crippen LogP contribution in [0.4, 0.5) is 0 Å². The summed E-state index contributed by atoms with van der Waals surface area (Å²) in [5.41, 5.74) is 3.23. The van der Waals surface area contributed by atoms with E-state index in [4.69, 9.17) is 0 Å². The summed E-state index contributed by atoms with van der Waals surface area (Å²) in [7, 11) is 0. The van der Waals surface area contributed by atoms with E-state index in [2.05, 4.69) is 15.4 Å². The minimum absolute atomic E-state index is 0.0693. The minimum atomic E-state index is -0.195. The maximum Gasteiger partial charge on any atom is 0.267 e. The molecule has 2 aromatic rings. The second kappa shape index (κ2) is 8.14. The molecule has 29 heavy (non-hydrogen) atoms. The van der Waals surface area contributed by atoms with Gasteiger partial charge in [0.15, 0.2) is 5.16 Å². The second-order valence-electron chi connectivity index (χ2n) is 7.68. The van der Waals surface area contributed by atoms with E-state index in [1.54, 1.807) is 17.6 Å². The molecule has 3 heterocycles. The Morgan fingerprint density at radius 2 is 2.07 bits per heavy atom. The Hall–Kier alpha value is -2.42. The fraction of sp³-hybridized carbons (Fsp3) is 0.550. The van der Waals surface area contributed by atoms with Crippen LogP contribution < -0.4 is 16.4 Å². The molecule has 2 aromatic heterocycles. The standard InChI is InChI=1S/C20H25N5O3S/c1-12-13(2)22-20-25(19(12)28)15(11-29-20)10-17(26)21-7-8-24-18(27)9-14-5-3-4-6-16(14)23-24/h9,15H,3-8,10-11H2,1-2H3,(H,21,26). The molecular formula is C20H25N5O3S. The molecule has 0 saturated carbocycles. The number of thioether (sulfide) groups is 1. The largest absolute Gasteiger partial charge is 0.354 e.